The predicted octanol–water partition coefficient (Wildman–Crippen LogP) is 2.46. The maximum Gasteiger partial charge on any atom is 0.141 e. The Morgan fingerprint density at radius 2 is 2.40 bits per heavy atom. The smallest absolute Gasteiger partial charge is 0.141 e. The Balaban J connectivity index is 2.33. The molecule has 3 nitrogen and oxygen atoms in total. The first-order chi connectivity index (χ1) is 7.25. The van der Waals surface area contributed by atoms with Gasteiger partial charge in [-0.2, -0.15) is 0 Å². The molecule has 0 unspecified atom stereocenters. The molecule has 1 aliphatic heterocycles. The van der Waals surface area contributed by atoms with Crippen LogP contribution in [0.1, 0.15) is 18.7 Å². The first kappa shape index (κ1) is 9.36. The van der Waals surface area contributed by atoms with Crippen molar-refractivity contribution in [1.29, 1.82) is 0 Å². The maximum atomic E-state index is 4.55. The standard InChI is InChI=1S/C11H12BrN3/c1-7-5-13-6-9-4-8-2-3-10(12)14-11(8)15(7)9/h2-4,7,13H,5-6H2,1H3/t7-/m1/s1. The number of fused-ring (bicyclic) bond motifs is 3. The second-order valence-electron chi connectivity index (χ2n) is 4.03. The Morgan fingerprint density at radius 3 is 3.27 bits per heavy atom. The zero-order valence-electron chi connectivity index (χ0n) is 8.50. The lowest BCUT2D eigenvalue weighted by Crippen LogP contribution is -2.31. The molecule has 0 spiro atoms. The Morgan fingerprint density at radius 1 is 1.53 bits per heavy atom. The molecule has 0 amide bonds. The van der Waals surface area contributed by atoms with Crippen molar-refractivity contribution in [2.24, 2.45) is 0 Å². The summed E-state index contributed by atoms with van der Waals surface area (Å²) in [7, 11) is 0. The number of pyridine rings is 1. The van der Waals surface area contributed by atoms with Crippen molar-refractivity contribution in [2.45, 2.75) is 19.5 Å². The molecule has 0 aromatic carbocycles. The van der Waals surface area contributed by atoms with Gasteiger partial charge in [0.15, 0.2) is 0 Å². The summed E-state index contributed by atoms with van der Waals surface area (Å²) in [4.78, 5) is 4.55. The van der Waals surface area contributed by atoms with Crippen molar-refractivity contribution in [3.05, 3.63) is 28.5 Å². The third-order valence-electron chi connectivity index (χ3n) is 2.92. The molecule has 3 rings (SSSR count). The number of hydrogen-bond acceptors (Lipinski definition) is 2. The minimum absolute atomic E-state index is 0.480. The van der Waals surface area contributed by atoms with E-state index in [0.29, 0.717) is 6.04 Å². The minimum atomic E-state index is 0.480. The van der Waals surface area contributed by atoms with E-state index in [4.69, 9.17) is 0 Å². The summed E-state index contributed by atoms with van der Waals surface area (Å²) in [5, 5.41) is 4.63. The lowest BCUT2D eigenvalue weighted by molar-refractivity contribution is 0.437. The quantitative estimate of drug-likeness (QED) is 0.742. The molecule has 0 aliphatic carbocycles. The van der Waals surface area contributed by atoms with Gasteiger partial charge in [-0.05, 0) is 41.1 Å². The maximum absolute atomic E-state index is 4.55. The van der Waals surface area contributed by atoms with Gasteiger partial charge < -0.3 is 9.88 Å². The lowest BCUT2D eigenvalue weighted by Gasteiger charge is -2.24. The molecule has 0 saturated carbocycles. The van der Waals surface area contributed by atoms with E-state index in [2.05, 4.69) is 49.9 Å². The van der Waals surface area contributed by atoms with Crippen LogP contribution in [0.15, 0.2) is 22.8 Å². The zero-order chi connectivity index (χ0) is 10.4. The normalized spacial score (nSPS) is 20.5. The Labute approximate surface area is 96.6 Å². The summed E-state index contributed by atoms with van der Waals surface area (Å²) in [6.07, 6.45) is 0. The Bertz CT molecular complexity index is 518. The van der Waals surface area contributed by atoms with Crippen molar-refractivity contribution in [2.75, 3.05) is 6.54 Å². The van der Waals surface area contributed by atoms with E-state index >= 15 is 0 Å². The van der Waals surface area contributed by atoms with Crippen molar-refractivity contribution in [3.63, 3.8) is 0 Å². The van der Waals surface area contributed by atoms with E-state index in [-0.39, 0.29) is 0 Å². The number of rotatable bonds is 0. The van der Waals surface area contributed by atoms with Crippen molar-refractivity contribution < 1.29 is 0 Å². The largest absolute Gasteiger partial charge is 0.324 e. The third kappa shape index (κ3) is 1.40. The van der Waals surface area contributed by atoms with Gasteiger partial charge in [-0.3, -0.25) is 0 Å². The van der Waals surface area contributed by atoms with Crippen LogP contribution in [0, 0.1) is 0 Å². The SMILES string of the molecule is C[C@@H]1CNCc2cc3ccc(Br)nc3n21. The molecule has 0 saturated heterocycles. The monoisotopic (exact) mass is 265 g/mol. The summed E-state index contributed by atoms with van der Waals surface area (Å²) in [5.74, 6) is 0. The van der Waals surface area contributed by atoms with E-state index in [1.54, 1.807) is 0 Å². The molecular weight excluding hydrogens is 254 g/mol. The lowest BCUT2D eigenvalue weighted by atomic mass is 10.2. The van der Waals surface area contributed by atoms with Gasteiger partial charge in [-0.15, -0.1) is 0 Å². The van der Waals surface area contributed by atoms with Gasteiger partial charge in [0.1, 0.15) is 10.3 Å². The van der Waals surface area contributed by atoms with E-state index in [1.807, 2.05) is 6.07 Å². The van der Waals surface area contributed by atoms with Gasteiger partial charge >= 0.3 is 0 Å². The van der Waals surface area contributed by atoms with E-state index in [1.165, 1.54) is 11.1 Å². The van der Waals surface area contributed by atoms with E-state index < -0.39 is 0 Å². The molecule has 0 fully saturated rings. The van der Waals surface area contributed by atoms with Gasteiger partial charge in [0.05, 0.1) is 0 Å². The number of nitrogens with zero attached hydrogens (tertiary/aromatic N) is 2. The van der Waals surface area contributed by atoms with Crippen LogP contribution in [-0.2, 0) is 6.54 Å². The van der Waals surface area contributed by atoms with E-state index in [9.17, 15) is 0 Å². The average Bonchev–Trinajstić information content (AvgIpc) is 2.57. The number of hydrogen-bond donors (Lipinski definition) is 1. The van der Waals surface area contributed by atoms with Crippen LogP contribution in [0.25, 0.3) is 11.0 Å². The fourth-order valence-electron chi connectivity index (χ4n) is 2.26. The van der Waals surface area contributed by atoms with Gasteiger partial charge in [0, 0.05) is 30.2 Å². The number of nitrogens with one attached hydrogen (secondary N) is 1. The Kier molecular flexibility index (Phi) is 2.07. The topological polar surface area (TPSA) is 29.9 Å². The van der Waals surface area contributed by atoms with Crippen molar-refractivity contribution >= 4 is 27.0 Å². The minimum Gasteiger partial charge on any atom is -0.324 e. The summed E-state index contributed by atoms with van der Waals surface area (Å²) >= 11 is 3.42. The second-order valence-corrected chi connectivity index (χ2v) is 4.84. The first-order valence-corrected chi connectivity index (χ1v) is 5.92. The molecule has 0 radical (unpaired) electrons. The first-order valence-electron chi connectivity index (χ1n) is 5.13. The second kappa shape index (κ2) is 3.32. The predicted molar refractivity (Wildman–Crippen MR) is 63.9 cm³/mol. The highest BCUT2D eigenvalue weighted by molar-refractivity contribution is 9.10. The molecular formula is C11H12BrN3. The number of halogens is 1. The van der Waals surface area contributed by atoms with Gasteiger partial charge in [-0.25, -0.2) is 4.98 Å². The summed E-state index contributed by atoms with van der Waals surface area (Å²) < 4.78 is 3.23. The average molecular weight is 266 g/mol. The van der Waals surface area contributed by atoms with E-state index in [0.717, 1.165) is 23.3 Å². The molecule has 2 aromatic rings. The fourth-order valence-corrected chi connectivity index (χ4v) is 2.56. The van der Waals surface area contributed by atoms with Crippen LogP contribution in [0.4, 0.5) is 0 Å². The highest BCUT2D eigenvalue weighted by atomic mass is 79.9. The van der Waals surface area contributed by atoms with Crippen LogP contribution in [-0.4, -0.2) is 16.1 Å². The van der Waals surface area contributed by atoms with Gasteiger partial charge in [0.25, 0.3) is 0 Å². The third-order valence-corrected chi connectivity index (χ3v) is 3.36. The van der Waals surface area contributed by atoms with Gasteiger partial charge in [-0.1, -0.05) is 0 Å². The van der Waals surface area contributed by atoms with Crippen LogP contribution in [0.5, 0.6) is 0 Å². The van der Waals surface area contributed by atoms with Crippen molar-refractivity contribution in [1.82, 2.24) is 14.9 Å². The van der Waals surface area contributed by atoms with Gasteiger partial charge in [0.2, 0.25) is 0 Å². The highest BCUT2D eigenvalue weighted by Gasteiger charge is 2.18. The Hall–Kier alpha value is -0.870. The molecule has 2 aromatic heterocycles. The number of aromatic nitrogens is 2. The molecule has 1 aliphatic rings. The van der Waals surface area contributed by atoms with Crippen molar-refractivity contribution in [3.8, 4) is 0 Å². The fraction of sp³-hybridized carbons (Fsp3) is 0.364. The van der Waals surface area contributed by atoms with Crippen LogP contribution >= 0.6 is 15.9 Å². The molecule has 1 N–H and O–H groups in total. The van der Waals surface area contributed by atoms with Crippen LogP contribution < -0.4 is 5.32 Å². The zero-order valence-corrected chi connectivity index (χ0v) is 10.1. The summed E-state index contributed by atoms with van der Waals surface area (Å²) in [6, 6.07) is 6.81. The van der Waals surface area contributed by atoms with Crippen LogP contribution in [0.2, 0.25) is 0 Å². The molecule has 15 heavy (non-hydrogen) atoms. The molecule has 78 valence electrons. The molecule has 4 heteroatoms. The van der Waals surface area contributed by atoms with Crippen LogP contribution in [0.3, 0.4) is 0 Å². The molecule has 1 atom stereocenters. The highest BCUT2D eigenvalue weighted by Crippen LogP contribution is 2.26. The summed E-state index contributed by atoms with van der Waals surface area (Å²) in [5.41, 5.74) is 2.42. The molecule has 0 bridgehead atoms. The molecule has 3 heterocycles. The summed E-state index contributed by atoms with van der Waals surface area (Å²) in [6.45, 7) is 4.18.